The van der Waals surface area contributed by atoms with E-state index in [1.165, 1.54) is 11.3 Å². The van der Waals surface area contributed by atoms with Crippen LogP contribution >= 0.6 is 22.9 Å². The van der Waals surface area contributed by atoms with Gasteiger partial charge in [0.25, 0.3) is 5.91 Å². The van der Waals surface area contributed by atoms with Gasteiger partial charge in [-0.15, -0.1) is 11.3 Å². The molecule has 0 saturated carbocycles. The van der Waals surface area contributed by atoms with Crippen LogP contribution in [0.15, 0.2) is 47.1 Å². The third-order valence-corrected chi connectivity index (χ3v) is 6.23. The predicted molar refractivity (Wildman–Crippen MR) is 103 cm³/mol. The Morgan fingerprint density at radius 3 is 2.77 bits per heavy atom. The van der Waals surface area contributed by atoms with Crippen molar-refractivity contribution in [1.29, 1.82) is 0 Å². The van der Waals surface area contributed by atoms with Crippen LogP contribution in [0.25, 0.3) is 10.1 Å². The molecule has 1 unspecified atom stereocenters. The Hall–Kier alpha value is -1.86. The number of carbonyl (C=O) groups is 1. The molecule has 1 aromatic carbocycles. The number of ether oxygens (including phenoxy) is 1. The van der Waals surface area contributed by atoms with Crippen LogP contribution in [0, 0.1) is 0 Å². The van der Waals surface area contributed by atoms with E-state index in [-0.39, 0.29) is 11.9 Å². The van der Waals surface area contributed by atoms with E-state index in [0.29, 0.717) is 29.7 Å². The summed E-state index contributed by atoms with van der Waals surface area (Å²) >= 11 is 7.84. The highest BCUT2D eigenvalue weighted by atomic mass is 35.5. The van der Waals surface area contributed by atoms with Gasteiger partial charge in [-0.05, 0) is 18.2 Å². The average Bonchev–Trinajstić information content (AvgIpc) is 3.32. The topological polar surface area (TPSA) is 54.7 Å². The van der Waals surface area contributed by atoms with Crippen molar-refractivity contribution in [1.82, 2.24) is 10.2 Å². The first-order valence-corrected chi connectivity index (χ1v) is 9.74. The summed E-state index contributed by atoms with van der Waals surface area (Å²) in [6.07, 6.45) is 1.66. The summed E-state index contributed by atoms with van der Waals surface area (Å²) in [5.41, 5.74) is 0. The van der Waals surface area contributed by atoms with Crippen LogP contribution in [-0.4, -0.2) is 43.7 Å². The number of hydrogen-bond acceptors (Lipinski definition) is 5. The second-order valence-electron chi connectivity index (χ2n) is 6.13. The maximum absolute atomic E-state index is 12.7. The number of rotatable bonds is 5. The van der Waals surface area contributed by atoms with Crippen LogP contribution in [0.1, 0.15) is 21.5 Å². The molecule has 4 rings (SSSR count). The summed E-state index contributed by atoms with van der Waals surface area (Å²) in [5.74, 6) is 0.690. The van der Waals surface area contributed by atoms with E-state index in [1.807, 2.05) is 36.4 Å². The zero-order valence-electron chi connectivity index (χ0n) is 14.1. The standard InChI is InChI=1S/C19H19ClN2O3S/c20-17-13-4-1-2-6-16(13)26-18(17)19(23)21-12-14(15-5-3-9-25-15)22-7-10-24-11-8-22/h1-6,9,14H,7-8,10-12H2,(H,21,23). The summed E-state index contributed by atoms with van der Waals surface area (Å²) in [7, 11) is 0. The minimum absolute atomic E-state index is 0.0222. The second-order valence-corrected chi connectivity index (χ2v) is 7.56. The number of thiophene rings is 1. The number of carbonyl (C=O) groups excluding carboxylic acids is 1. The Morgan fingerprint density at radius 1 is 1.23 bits per heavy atom. The van der Waals surface area contributed by atoms with Crippen LogP contribution in [0.4, 0.5) is 0 Å². The van der Waals surface area contributed by atoms with Crippen LogP contribution < -0.4 is 5.32 Å². The van der Waals surface area contributed by atoms with Gasteiger partial charge in [0.05, 0.1) is 30.5 Å². The Bertz CT molecular complexity index is 887. The van der Waals surface area contributed by atoms with E-state index in [9.17, 15) is 4.79 Å². The first-order chi connectivity index (χ1) is 12.7. The summed E-state index contributed by atoms with van der Waals surface area (Å²) in [6, 6.07) is 11.6. The lowest BCUT2D eigenvalue weighted by molar-refractivity contribution is 0.0118. The fourth-order valence-corrected chi connectivity index (χ4v) is 4.64. The van der Waals surface area contributed by atoms with Crippen molar-refractivity contribution >= 4 is 38.9 Å². The van der Waals surface area contributed by atoms with Crippen LogP contribution in [0.5, 0.6) is 0 Å². The predicted octanol–water partition coefficient (Wildman–Crippen LogP) is 3.95. The normalized spacial score (nSPS) is 16.7. The van der Waals surface area contributed by atoms with Crippen molar-refractivity contribution in [2.75, 3.05) is 32.8 Å². The molecule has 3 aromatic rings. The minimum atomic E-state index is -0.152. The van der Waals surface area contributed by atoms with E-state index < -0.39 is 0 Å². The maximum Gasteiger partial charge on any atom is 0.263 e. The lowest BCUT2D eigenvalue weighted by atomic mass is 10.1. The van der Waals surface area contributed by atoms with Gasteiger partial charge in [-0.1, -0.05) is 29.8 Å². The van der Waals surface area contributed by atoms with Crippen LogP contribution in [0.2, 0.25) is 5.02 Å². The number of nitrogens with one attached hydrogen (secondary N) is 1. The molecule has 7 heteroatoms. The molecule has 0 aliphatic carbocycles. The van der Waals surface area contributed by atoms with Crippen molar-refractivity contribution in [3.05, 3.63) is 58.3 Å². The largest absolute Gasteiger partial charge is 0.468 e. The van der Waals surface area contributed by atoms with E-state index >= 15 is 0 Å². The third kappa shape index (κ3) is 3.50. The molecule has 3 heterocycles. The number of furan rings is 1. The molecule has 0 spiro atoms. The number of hydrogen-bond donors (Lipinski definition) is 1. The smallest absolute Gasteiger partial charge is 0.263 e. The summed E-state index contributed by atoms with van der Waals surface area (Å²) in [6.45, 7) is 3.45. The SMILES string of the molecule is O=C(NCC(c1ccco1)N1CCOCC1)c1sc2ccccc2c1Cl. The highest BCUT2D eigenvalue weighted by Crippen LogP contribution is 2.35. The van der Waals surface area contributed by atoms with Gasteiger partial charge < -0.3 is 14.5 Å². The van der Waals surface area contributed by atoms with Gasteiger partial charge in [-0.2, -0.15) is 0 Å². The minimum Gasteiger partial charge on any atom is -0.468 e. The van der Waals surface area contributed by atoms with Gasteiger partial charge in [0, 0.05) is 29.7 Å². The average molecular weight is 391 g/mol. The molecule has 1 aliphatic rings. The van der Waals surface area contributed by atoms with Gasteiger partial charge in [0.15, 0.2) is 0 Å². The van der Waals surface area contributed by atoms with Crippen molar-refractivity contribution in [3.63, 3.8) is 0 Å². The maximum atomic E-state index is 12.7. The molecule has 1 saturated heterocycles. The van der Waals surface area contributed by atoms with Crippen molar-refractivity contribution in [2.24, 2.45) is 0 Å². The highest BCUT2D eigenvalue weighted by Gasteiger charge is 2.26. The molecular formula is C19H19ClN2O3S. The molecule has 1 fully saturated rings. The van der Waals surface area contributed by atoms with E-state index in [4.69, 9.17) is 20.8 Å². The van der Waals surface area contributed by atoms with Gasteiger partial charge in [-0.25, -0.2) is 0 Å². The fraction of sp³-hybridized carbons (Fsp3) is 0.316. The number of amides is 1. The number of morpholine rings is 1. The number of benzene rings is 1. The number of halogens is 1. The molecule has 26 heavy (non-hydrogen) atoms. The van der Waals surface area contributed by atoms with E-state index in [1.54, 1.807) is 6.26 Å². The van der Waals surface area contributed by atoms with Crippen molar-refractivity contribution in [3.8, 4) is 0 Å². The van der Waals surface area contributed by atoms with Crippen LogP contribution in [0.3, 0.4) is 0 Å². The van der Waals surface area contributed by atoms with Crippen molar-refractivity contribution in [2.45, 2.75) is 6.04 Å². The van der Waals surface area contributed by atoms with Gasteiger partial charge in [-0.3, -0.25) is 9.69 Å². The number of nitrogens with zero attached hydrogens (tertiary/aromatic N) is 1. The molecule has 0 radical (unpaired) electrons. The Balaban J connectivity index is 1.51. The first kappa shape index (κ1) is 17.5. The zero-order chi connectivity index (χ0) is 17.9. The summed E-state index contributed by atoms with van der Waals surface area (Å²) in [5, 5.41) is 4.47. The highest BCUT2D eigenvalue weighted by molar-refractivity contribution is 7.21. The molecule has 136 valence electrons. The monoisotopic (exact) mass is 390 g/mol. The number of fused-ring (bicyclic) bond motifs is 1. The van der Waals surface area contributed by atoms with Crippen LogP contribution in [-0.2, 0) is 4.74 Å². The molecule has 0 bridgehead atoms. The van der Waals surface area contributed by atoms with Gasteiger partial charge >= 0.3 is 0 Å². The molecule has 5 nitrogen and oxygen atoms in total. The zero-order valence-corrected chi connectivity index (χ0v) is 15.7. The Kier molecular flexibility index (Phi) is 5.26. The molecule has 2 aromatic heterocycles. The van der Waals surface area contributed by atoms with Gasteiger partial charge in [0.1, 0.15) is 10.6 Å². The van der Waals surface area contributed by atoms with Gasteiger partial charge in [0.2, 0.25) is 0 Å². The lowest BCUT2D eigenvalue weighted by Gasteiger charge is -2.33. The Labute approximate surface area is 160 Å². The molecule has 1 N–H and O–H groups in total. The lowest BCUT2D eigenvalue weighted by Crippen LogP contribution is -2.43. The first-order valence-electron chi connectivity index (χ1n) is 8.54. The third-order valence-electron chi connectivity index (χ3n) is 4.56. The summed E-state index contributed by atoms with van der Waals surface area (Å²) < 4.78 is 12.0. The second kappa shape index (κ2) is 7.80. The molecular weight excluding hydrogens is 372 g/mol. The molecule has 1 atom stereocenters. The molecule has 1 amide bonds. The fourth-order valence-electron chi connectivity index (χ4n) is 3.21. The quantitative estimate of drug-likeness (QED) is 0.716. The Morgan fingerprint density at radius 2 is 2.04 bits per heavy atom. The van der Waals surface area contributed by atoms with Crippen molar-refractivity contribution < 1.29 is 13.9 Å². The summed E-state index contributed by atoms with van der Waals surface area (Å²) in [4.78, 5) is 15.6. The van der Waals surface area contributed by atoms with E-state index in [0.717, 1.165) is 28.9 Å². The van der Waals surface area contributed by atoms with E-state index in [2.05, 4.69) is 10.2 Å². The molecule has 1 aliphatic heterocycles.